The van der Waals surface area contributed by atoms with Crippen LogP contribution in [-0.4, -0.2) is 8.80 Å². The molecule has 0 N–H and O–H groups in total. The molecule has 256 valence electrons. The van der Waals surface area contributed by atoms with Crippen LogP contribution in [0.3, 0.4) is 0 Å². The van der Waals surface area contributed by atoms with E-state index in [4.69, 9.17) is 0 Å². The van der Waals surface area contributed by atoms with Crippen molar-refractivity contribution in [3.05, 3.63) is 200 Å². The summed E-state index contributed by atoms with van der Waals surface area (Å²) in [4.78, 5) is 2.45. The third kappa shape index (κ3) is 4.32. The number of anilines is 3. The maximum atomic E-state index is 2.47. The van der Waals surface area contributed by atoms with E-state index in [1.54, 1.807) is 0 Å². The number of benzene rings is 9. The molecule has 0 saturated heterocycles. The molecule has 3 aromatic heterocycles. The number of para-hydroxylation sites is 3. The Morgan fingerprint density at radius 2 is 0.745 bits per heavy atom. The van der Waals surface area contributed by atoms with Crippen molar-refractivity contribution < 1.29 is 0 Å². The molecule has 0 unspecified atom stereocenters. The van der Waals surface area contributed by atoms with E-state index in [0.717, 1.165) is 17.1 Å². The molecular weight excluding hydrogens is 667 g/mol. The SMILES string of the molecule is c1ccc2c(-c3ccc(N(c4ccc(-c5cccc6ccccc56)cc4)c4cccc5c4c4c6ccccc6n6c7ccccc7n5c46)cc3)cccc2c1. The van der Waals surface area contributed by atoms with Crippen molar-refractivity contribution in [1.29, 1.82) is 0 Å². The third-order valence-corrected chi connectivity index (χ3v) is 11.6. The van der Waals surface area contributed by atoms with E-state index in [2.05, 4.69) is 214 Å². The van der Waals surface area contributed by atoms with E-state index in [9.17, 15) is 0 Å². The number of hydrogen-bond acceptors (Lipinski definition) is 1. The van der Waals surface area contributed by atoms with Gasteiger partial charge in [-0.15, -0.1) is 0 Å². The van der Waals surface area contributed by atoms with Crippen molar-refractivity contribution >= 4 is 82.5 Å². The van der Waals surface area contributed by atoms with Gasteiger partial charge in [-0.1, -0.05) is 146 Å². The molecule has 0 radical (unpaired) electrons. The molecule has 0 fully saturated rings. The normalized spacial score (nSPS) is 12.0. The van der Waals surface area contributed by atoms with Gasteiger partial charge in [0, 0.05) is 27.5 Å². The van der Waals surface area contributed by atoms with Gasteiger partial charge in [0.25, 0.3) is 0 Å². The maximum absolute atomic E-state index is 2.47. The van der Waals surface area contributed by atoms with Crippen molar-refractivity contribution in [3.8, 4) is 22.3 Å². The minimum Gasteiger partial charge on any atom is -0.310 e. The lowest BCUT2D eigenvalue weighted by atomic mass is 9.97. The third-order valence-electron chi connectivity index (χ3n) is 11.6. The molecule has 9 aromatic carbocycles. The summed E-state index contributed by atoms with van der Waals surface area (Å²) in [6.07, 6.45) is 0. The second-order valence-electron chi connectivity index (χ2n) is 14.5. The summed E-state index contributed by atoms with van der Waals surface area (Å²) in [6, 6.07) is 73.1. The highest BCUT2D eigenvalue weighted by molar-refractivity contribution is 6.27. The largest absolute Gasteiger partial charge is 0.310 e. The molecule has 12 aromatic rings. The zero-order valence-corrected chi connectivity index (χ0v) is 29.9. The lowest BCUT2D eigenvalue weighted by Crippen LogP contribution is -2.10. The van der Waals surface area contributed by atoms with Crippen LogP contribution in [0.25, 0.3) is 87.7 Å². The van der Waals surface area contributed by atoms with Crippen LogP contribution >= 0.6 is 0 Å². The van der Waals surface area contributed by atoms with Crippen molar-refractivity contribution in [2.45, 2.75) is 0 Å². The first kappa shape index (κ1) is 30.1. The lowest BCUT2D eigenvalue weighted by molar-refractivity contribution is 1.28. The van der Waals surface area contributed by atoms with Gasteiger partial charge in [-0.25, -0.2) is 0 Å². The summed E-state index contributed by atoms with van der Waals surface area (Å²) in [7, 11) is 0. The predicted molar refractivity (Wildman–Crippen MR) is 233 cm³/mol. The summed E-state index contributed by atoms with van der Waals surface area (Å²) < 4.78 is 4.92. The fourth-order valence-electron chi connectivity index (χ4n) is 9.25. The zero-order chi connectivity index (χ0) is 36.0. The van der Waals surface area contributed by atoms with Gasteiger partial charge in [0.15, 0.2) is 0 Å². The number of rotatable bonds is 5. The minimum absolute atomic E-state index is 1.11. The molecule has 0 aliphatic heterocycles. The van der Waals surface area contributed by atoms with Gasteiger partial charge in [0.05, 0.1) is 27.8 Å². The van der Waals surface area contributed by atoms with E-state index in [1.165, 1.54) is 87.7 Å². The second-order valence-corrected chi connectivity index (χ2v) is 14.5. The van der Waals surface area contributed by atoms with Crippen LogP contribution in [0.5, 0.6) is 0 Å². The molecule has 12 rings (SSSR count). The minimum atomic E-state index is 1.11. The summed E-state index contributed by atoms with van der Waals surface area (Å²) in [5.41, 5.74) is 14.3. The summed E-state index contributed by atoms with van der Waals surface area (Å²) in [5.74, 6) is 0. The fraction of sp³-hybridized carbons (Fsp3) is 0. The number of imidazole rings is 1. The Hall–Kier alpha value is -7.36. The summed E-state index contributed by atoms with van der Waals surface area (Å²) >= 11 is 0. The zero-order valence-electron chi connectivity index (χ0n) is 29.9. The Kier molecular flexibility index (Phi) is 6.34. The molecule has 0 aliphatic rings. The average molecular weight is 700 g/mol. The van der Waals surface area contributed by atoms with Crippen molar-refractivity contribution in [2.24, 2.45) is 0 Å². The molecule has 0 bridgehead atoms. The second kappa shape index (κ2) is 11.6. The van der Waals surface area contributed by atoms with Crippen LogP contribution < -0.4 is 4.90 Å². The van der Waals surface area contributed by atoms with Crippen molar-refractivity contribution in [1.82, 2.24) is 8.80 Å². The predicted octanol–water partition coefficient (Wildman–Crippen LogP) is 14.2. The Labute approximate surface area is 317 Å². The van der Waals surface area contributed by atoms with E-state index in [1.807, 2.05) is 0 Å². The average Bonchev–Trinajstić information content (AvgIpc) is 3.89. The molecule has 3 nitrogen and oxygen atoms in total. The van der Waals surface area contributed by atoms with Crippen molar-refractivity contribution in [3.63, 3.8) is 0 Å². The van der Waals surface area contributed by atoms with Crippen molar-refractivity contribution in [2.75, 3.05) is 4.90 Å². The highest BCUT2D eigenvalue weighted by atomic mass is 15.2. The molecule has 0 atom stereocenters. The first-order valence-electron chi connectivity index (χ1n) is 18.9. The fourth-order valence-corrected chi connectivity index (χ4v) is 9.25. The molecule has 0 saturated carbocycles. The number of nitrogens with zero attached hydrogens (tertiary/aromatic N) is 3. The van der Waals surface area contributed by atoms with Gasteiger partial charge in [-0.05, 0) is 98.4 Å². The molecule has 3 heterocycles. The van der Waals surface area contributed by atoms with E-state index in [0.29, 0.717) is 0 Å². The molecule has 0 amide bonds. The van der Waals surface area contributed by atoms with Gasteiger partial charge in [0.2, 0.25) is 0 Å². The number of hydrogen-bond donors (Lipinski definition) is 0. The van der Waals surface area contributed by atoms with Gasteiger partial charge < -0.3 is 4.90 Å². The molecular formula is C52H33N3. The molecule has 0 spiro atoms. The van der Waals surface area contributed by atoms with Crippen LogP contribution in [0.2, 0.25) is 0 Å². The topological polar surface area (TPSA) is 12.1 Å². The summed E-state index contributed by atoms with van der Waals surface area (Å²) in [5, 5.41) is 8.82. The smallest absolute Gasteiger partial charge is 0.131 e. The van der Waals surface area contributed by atoms with Crippen LogP contribution in [0.4, 0.5) is 17.1 Å². The monoisotopic (exact) mass is 699 g/mol. The molecule has 55 heavy (non-hydrogen) atoms. The standard InChI is InChI=1S/C52H33N3/c1-3-16-40-34(12-1)14-9-19-42(40)36-26-30-38(31-27-36)53(39-32-28-37(29-33-39)43-20-10-15-35-13-2-4-17-41(35)43)48-24-11-25-49-51(48)50-44-18-5-6-21-45(44)54-46-22-7-8-23-47(46)55(49)52(50)54/h1-33H. The van der Waals surface area contributed by atoms with Gasteiger partial charge in [-0.2, -0.15) is 0 Å². The Balaban J connectivity index is 1.11. The Morgan fingerprint density at radius 1 is 0.309 bits per heavy atom. The van der Waals surface area contributed by atoms with Crippen LogP contribution in [0, 0.1) is 0 Å². The number of aromatic nitrogens is 2. The van der Waals surface area contributed by atoms with Gasteiger partial charge in [0.1, 0.15) is 5.65 Å². The maximum Gasteiger partial charge on any atom is 0.131 e. The van der Waals surface area contributed by atoms with Gasteiger partial charge >= 0.3 is 0 Å². The first-order chi connectivity index (χ1) is 27.3. The quantitative estimate of drug-likeness (QED) is 0.174. The van der Waals surface area contributed by atoms with Gasteiger partial charge in [-0.3, -0.25) is 8.80 Å². The van der Waals surface area contributed by atoms with E-state index in [-0.39, 0.29) is 0 Å². The Morgan fingerprint density at radius 3 is 1.33 bits per heavy atom. The number of fused-ring (bicyclic) bond motifs is 11. The van der Waals surface area contributed by atoms with E-state index >= 15 is 0 Å². The van der Waals surface area contributed by atoms with E-state index < -0.39 is 0 Å². The molecule has 3 heteroatoms. The highest BCUT2D eigenvalue weighted by Crippen LogP contribution is 2.48. The lowest BCUT2D eigenvalue weighted by Gasteiger charge is -2.27. The van der Waals surface area contributed by atoms with Crippen LogP contribution in [-0.2, 0) is 0 Å². The van der Waals surface area contributed by atoms with Crippen LogP contribution in [0.15, 0.2) is 200 Å². The Bertz CT molecular complexity index is 3280. The highest BCUT2D eigenvalue weighted by Gasteiger charge is 2.26. The van der Waals surface area contributed by atoms with Crippen LogP contribution in [0.1, 0.15) is 0 Å². The first-order valence-corrected chi connectivity index (χ1v) is 18.9. The molecule has 0 aliphatic carbocycles. The summed E-state index contributed by atoms with van der Waals surface area (Å²) in [6.45, 7) is 0.